The van der Waals surface area contributed by atoms with Crippen molar-refractivity contribution in [3.8, 4) is 16.9 Å². The third-order valence-corrected chi connectivity index (χ3v) is 5.25. The molecule has 2 heterocycles. The second-order valence-electron chi connectivity index (χ2n) is 7.18. The summed E-state index contributed by atoms with van der Waals surface area (Å²) in [7, 11) is 3.22. The fourth-order valence-corrected chi connectivity index (χ4v) is 3.60. The number of anilines is 2. The average Bonchev–Trinajstić information content (AvgIpc) is 2.85. The van der Waals surface area contributed by atoms with Crippen molar-refractivity contribution in [2.24, 2.45) is 0 Å². The Morgan fingerprint density at radius 2 is 1.83 bits per heavy atom. The van der Waals surface area contributed by atoms with Gasteiger partial charge in [0.2, 0.25) is 5.91 Å². The lowest BCUT2D eigenvalue weighted by Crippen LogP contribution is -2.45. The van der Waals surface area contributed by atoms with Gasteiger partial charge in [-0.05, 0) is 47.0 Å². The van der Waals surface area contributed by atoms with Crippen LogP contribution in [0.4, 0.5) is 11.5 Å². The van der Waals surface area contributed by atoms with Crippen LogP contribution < -0.4 is 20.7 Å². The summed E-state index contributed by atoms with van der Waals surface area (Å²) < 4.78 is 5.21. The third kappa shape index (κ3) is 3.69. The van der Waals surface area contributed by atoms with Crippen LogP contribution in [-0.4, -0.2) is 37.0 Å². The number of nitrogens with zero attached hydrogens (tertiary/aromatic N) is 2. The fraction of sp³-hybridized carbons (Fsp3) is 0.174. The third-order valence-electron chi connectivity index (χ3n) is 5.25. The molecule has 0 fully saturated rings. The van der Waals surface area contributed by atoms with Crippen molar-refractivity contribution in [2.75, 3.05) is 24.8 Å². The van der Waals surface area contributed by atoms with E-state index in [0.717, 1.165) is 16.7 Å². The monoisotopic (exact) mass is 402 g/mol. The number of fused-ring (bicyclic) bond motifs is 1. The van der Waals surface area contributed by atoms with Gasteiger partial charge in [0.25, 0.3) is 5.91 Å². The summed E-state index contributed by atoms with van der Waals surface area (Å²) in [5.74, 6) is 0.562. The molecule has 2 amide bonds. The van der Waals surface area contributed by atoms with Crippen LogP contribution in [0.5, 0.6) is 5.75 Å². The zero-order valence-corrected chi connectivity index (χ0v) is 16.8. The van der Waals surface area contributed by atoms with Crippen molar-refractivity contribution in [1.29, 1.82) is 0 Å². The van der Waals surface area contributed by atoms with Crippen LogP contribution in [0, 0.1) is 0 Å². The zero-order chi connectivity index (χ0) is 21.3. The van der Waals surface area contributed by atoms with Crippen LogP contribution >= 0.6 is 0 Å². The quantitative estimate of drug-likeness (QED) is 0.699. The molecule has 2 aromatic carbocycles. The van der Waals surface area contributed by atoms with Gasteiger partial charge in [0.1, 0.15) is 17.6 Å². The summed E-state index contributed by atoms with van der Waals surface area (Å²) in [6.45, 7) is 0. The van der Waals surface area contributed by atoms with Gasteiger partial charge in [0.15, 0.2) is 0 Å². The Hall–Kier alpha value is -3.87. The Balaban J connectivity index is 1.56. The number of aromatic nitrogens is 1. The second-order valence-corrected chi connectivity index (χ2v) is 7.18. The maximum atomic E-state index is 13.0. The van der Waals surface area contributed by atoms with Crippen LogP contribution in [-0.2, 0) is 11.2 Å². The fourth-order valence-electron chi connectivity index (χ4n) is 3.60. The summed E-state index contributed by atoms with van der Waals surface area (Å²) >= 11 is 0. The largest absolute Gasteiger partial charge is 0.497 e. The van der Waals surface area contributed by atoms with Crippen molar-refractivity contribution < 1.29 is 14.3 Å². The molecule has 1 aliphatic heterocycles. The molecule has 1 aliphatic rings. The van der Waals surface area contributed by atoms with E-state index in [0.29, 0.717) is 29.2 Å². The Kier molecular flexibility index (Phi) is 5.10. The highest BCUT2D eigenvalue weighted by Crippen LogP contribution is 2.28. The molecule has 0 bridgehead atoms. The van der Waals surface area contributed by atoms with Gasteiger partial charge in [-0.3, -0.25) is 9.59 Å². The molecule has 7 heteroatoms. The summed E-state index contributed by atoms with van der Waals surface area (Å²) in [6.07, 6.45) is 2.06. The van der Waals surface area contributed by atoms with Crippen molar-refractivity contribution in [2.45, 2.75) is 12.5 Å². The molecule has 0 saturated heterocycles. The number of carbonyl (C=O) groups excluding carboxylic acids is 2. The first-order chi connectivity index (χ1) is 14.5. The number of methoxy groups -OCH3 is 1. The molecule has 1 atom stereocenters. The van der Waals surface area contributed by atoms with Crippen LogP contribution in [0.15, 0.2) is 60.8 Å². The maximum Gasteiger partial charge on any atom is 0.254 e. The van der Waals surface area contributed by atoms with E-state index in [9.17, 15) is 9.59 Å². The highest BCUT2D eigenvalue weighted by atomic mass is 16.5. The molecule has 0 spiro atoms. The van der Waals surface area contributed by atoms with Gasteiger partial charge in [0, 0.05) is 19.7 Å². The number of nitrogens with two attached hydrogens (primary N) is 1. The molecule has 3 aromatic rings. The molecule has 1 aromatic heterocycles. The smallest absolute Gasteiger partial charge is 0.254 e. The lowest BCUT2D eigenvalue weighted by atomic mass is 10.0. The highest BCUT2D eigenvalue weighted by molar-refractivity contribution is 6.11. The molecule has 0 aliphatic carbocycles. The predicted molar refractivity (Wildman–Crippen MR) is 115 cm³/mol. The van der Waals surface area contributed by atoms with Gasteiger partial charge < -0.3 is 20.7 Å². The molecular weight excluding hydrogens is 380 g/mol. The average molecular weight is 402 g/mol. The van der Waals surface area contributed by atoms with Crippen LogP contribution in [0.25, 0.3) is 11.1 Å². The Morgan fingerprint density at radius 3 is 2.53 bits per heavy atom. The minimum atomic E-state index is -0.664. The molecule has 7 nitrogen and oxygen atoms in total. The topological polar surface area (TPSA) is 97.5 Å². The number of hydrogen-bond acceptors (Lipinski definition) is 5. The van der Waals surface area contributed by atoms with E-state index in [4.69, 9.17) is 10.5 Å². The Labute approximate surface area is 174 Å². The van der Waals surface area contributed by atoms with Crippen molar-refractivity contribution in [1.82, 2.24) is 10.3 Å². The lowest BCUT2D eigenvalue weighted by Gasteiger charge is -2.21. The van der Waals surface area contributed by atoms with Crippen LogP contribution in [0.3, 0.4) is 0 Å². The summed E-state index contributed by atoms with van der Waals surface area (Å²) in [6, 6.07) is 16.0. The number of rotatable bonds is 4. The van der Waals surface area contributed by atoms with E-state index in [2.05, 4.69) is 10.3 Å². The van der Waals surface area contributed by atoms with Crippen molar-refractivity contribution in [3.63, 3.8) is 0 Å². The van der Waals surface area contributed by atoms with Gasteiger partial charge in [-0.25, -0.2) is 4.98 Å². The first kappa shape index (κ1) is 19.4. The van der Waals surface area contributed by atoms with E-state index < -0.39 is 6.04 Å². The lowest BCUT2D eigenvalue weighted by molar-refractivity contribution is -0.120. The van der Waals surface area contributed by atoms with E-state index in [1.54, 1.807) is 31.4 Å². The first-order valence-electron chi connectivity index (χ1n) is 9.53. The number of benzene rings is 2. The first-order valence-corrected chi connectivity index (χ1v) is 9.53. The van der Waals surface area contributed by atoms with Gasteiger partial charge >= 0.3 is 0 Å². The summed E-state index contributed by atoms with van der Waals surface area (Å²) in [5.41, 5.74) is 9.65. The van der Waals surface area contributed by atoms with Crippen molar-refractivity contribution in [3.05, 3.63) is 71.9 Å². The second kappa shape index (κ2) is 7.87. The molecule has 30 heavy (non-hydrogen) atoms. The van der Waals surface area contributed by atoms with Gasteiger partial charge in [-0.15, -0.1) is 0 Å². The van der Waals surface area contributed by atoms with Gasteiger partial charge in [0.05, 0.1) is 18.4 Å². The Bertz CT molecular complexity index is 1110. The number of hydrogen-bond donors (Lipinski definition) is 2. The molecule has 152 valence electrons. The molecule has 3 N–H and O–H groups in total. The van der Waals surface area contributed by atoms with E-state index >= 15 is 0 Å². The SMILES string of the molecule is COc1ccc2c(c1)C(=O)NC(Cc1ccc(-c3ccnc(N)c3)cc1)C(=O)N2C. The van der Waals surface area contributed by atoms with E-state index in [1.807, 2.05) is 36.4 Å². The van der Waals surface area contributed by atoms with Crippen LogP contribution in [0.1, 0.15) is 15.9 Å². The summed E-state index contributed by atoms with van der Waals surface area (Å²) in [5, 5.41) is 2.86. The number of carbonyl (C=O) groups is 2. The van der Waals surface area contributed by atoms with E-state index in [1.165, 1.54) is 12.0 Å². The van der Waals surface area contributed by atoms with Crippen LogP contribution in [0.2, 0.25) is 0 Å². The van der Waals surface area contributed by atoms with E-state index in [-0.39, 0.29) is 11.8 Å². The van der Waals surface area contributed by atoms with Gasteiger partial charge in [-0.2, -0.15) is 0 Å². The minimum absolute atomic E-state index is 0.168. The molecule has 0 saturated carbocycles. The Morgan fingerprint density at radius 1 is 1.07 bits per heavy atom. The maximum absolute atomic E-state index is 13.0. The van der Waals surface area contributed by atoms with Gasteiger partial charge in [-0.1, -0.05) is 24.3 Å². The molecule has 1 unspecified atom stereocenters. The highest BCUT2D eigenvalue weighted by Gasteiger charge is 2.32. The standard InChI is InChI=1S/C23H22N4O3/c1-27-20-8-7-17(30-2)13-18(20)22(28)26-19(23(27)29)11-14-3-5-15(6-4-14)16-9-10-25-21(24)12-16/h3-10,12-13,19H,11H2,1-2H3,(H2,24,25)(H,26,28). The number of nitrogen functional groups attached to an aromatic ring is 1. The number of likely N-dealkylation sites (N-methyl/N-ethyl adjacent to an activating group) is 1. The number of ether oxygens (including phenoxy) is 1. The predicted octanol–water partition coefficient (Wildman–Crippen LogP) is 2.66. The number of pyridine rings is 1. The molecule has 0 radical (unpaired) electrons. The number of amides is 2. The normalized spacial score (nSPS) is 15.9. The molecule has 4 rings (SSSR count). The minimum Gasteiger partial charge on any atom is -0.497 e. The van der Waals surface area contributed by atoms with Crippen molar-refractivity contribution >= 4 is 23.3 Å². The molecular formula is C23H22N4O3. The summed E-state index contributed by atoms with van der Waals surface area (Å²) in [4.78, 5) is 31.3. The number of nitrogens with one attached hydrogen (secondary N) is 1. The zero-order valence-electron chi connectivity index (χ0n) is 16.8.